The lowest BCUT2D eigenvalue weighted by molar-refractivity contribution is -0.128. The lowest BCUT2D eigenvalue weighted by atomic mass is 10.1. The molecule has 0 spiro atoms. The molecule has 0 unspecified atom stereocenters. The molecular formula is C19H21N5O3. The van der Waals surface area contributed by atoms with Crippen LogP contribution >= 0.6 is 0 Å². The van der Waals surface area contributed by atoms with E-state index in [1.54, 1.807) is 18.3 Å². The highest BCUT2D eigenvalue weighted by Crippen LogP contribution is 2.17. The van der Waals surface area contributed by atoms with E-state index in [4.69, 9.17) is 0 Å². The van der Waals surface area contributed by atoms with Gasteiger partial charge in [0, 0.05) is 38.4 Å². The van der Waals surface area contributed by atoms with Crippen LogP contribution in [0.3, 0.4) is 0 Å². The SMILES string of the molecule is O=C(NCc1ccccc1CN1CCCC1=O)NNC(=O)c1cccnc1. The van der Waals surface area contributed by atoms with Gasteiger partial charge in [-0.2, -0.15) is 0 Å². The Kier molecular flexibility index (Phi) is 5.98. The molecule has 1 aromatic heterocycles. The van der Waals surface area contributed by atoms with E-state index in [1.165, 1.54) is 6.20 Å². The maximum absolute atomic E-state index is 11.9. The van der Waals surface area contributed by atoms with Crippen LogP contribution in [0.2, 0.25) is 0 Å². The predicted octanol–water partition coefficient (Wildman–Crippen LogP) is 1.35. The Labute approximate surface area is 156 Å². The van der Waals surface area contributed by atoms with Gasteiger partial charge in [0.2, 0.25) is 5.91 Å². The first-order valence-corrected chi connectivity index (χ1v) is 8.72. The molecule has 1 aromatic carbocycles. The molecule has 1 aliphatic rings. The average Bonchev–Trinajstić information content (AvgIpc) is 3.10. The number of likely N-dealkylation sites (tertiary alicyclic amines) is 1. The van der Waals surface area contributed by atoms with Gasteiger partial charge in [-0.15, -0.1) is 0 Å². The largest absolute Gasteiger partial charge is 0.338 e. The number of benzene rings is 1. The number of carbonyl (C=O) groups excluding carboxylic acids is 3. The number of nitrogens with one attached hydrogen (secondary N) is 3. The summed E-state index contributed by atoms with van der Waals surface area (Å²) in [5.74, 6) is -0.292. The molecule has 2 aromatic rings. The predicted molar refractivity (Wildman–Crippen MR) is 98.2 cm³/mol. The van der Waals surface area contributed by atoms with Crippen LogP contribution in [0.5, 0.6) is 0 Å². The fourth-order valence-electron chi connectivity index (χ4n) is 2.86. The molecule has 1 fully saturated rings. The average molecular weight is 367 g/mol. The Morgan fingerprint density at radius 1 is 1.07 bits per heavy atom. The van der Waals surface area contributed by atoms with Gasteiger partial charge in [-0.25, -0.2) is 10.2 Å². The van der Waals surface area contributed by atoms with E-state index in [2.05, 4.69) is 21.2 Å². The van der Waals surface area contributed by atoms with Crippen LogP contribution < -0.4 is 16.2 Å². The summed E-state index contributed by atoms with van der Waals surface area (Å²) in [6.07, 6.45) is 4.45. The van der Waals surface area contributed by atoms with Crippen molar-refractivity contribution in [1.29, 1.82) is 0 Å². The highest BCUT2D eigenvalue weighted by atomic mass is 16.2. The molecule has 0 aliphatic carbocycles. The van der Waals surface area contributed by atoms with E-state index in [0.29, 0.717) is 18.5 Å². The normalized spacial score (nSPS) is 13.3. The van der Waals surface area contributed by atoms with Crippen LogP contribution in [0, 0.1) is 0 Å². The van der Waals surface area contributed by atoms with Crippen molar-refractivity contribution in [1.82, 2.24) is 26.1 Å². The number of urea groups is 1. The molecule has 3 N–H and O–H groups in total. The topological polar surface area (TPSA) is 103 Å². The first-order chi connectivity index (χ1) is 13.1. The molecule has 0 bridgehead atoms. The van der Waals surface area contributed by atoms with Gasteiger partial charge in [0.25, 0.3) is 5.91 Å². The molecule has 4 amide bonds. The Morgan fingerprint density at radius 2 is 1.89 bits per heavy atom. The summed E-state index contributed by atoms with van der Waals surface area (Å²) in [6.45, 7) is 1.59. The molecular weight excluding hydrogens is 346 g/mol. The van der Waals surface area contributed by atoms with Crippen molar-refractivity contribution in [3.8, 4) is 0 Å². The second-order valence-electron chi connectivity index (χ2n) is 6.19. The third-order valence-corrected chi connectivity index (χ3v) is 4.30. The number of hydrogen-bond donors (Lipinski definition) is 3. The smallest absolute Gasteiger partial charge is 0.333 e. The number of hydrogen-bond acceptors (Lipinski definition) is 4. The van der Waals surface area contributed by atoms with Gasteiger partial charge in [0.05, 0.1) is 5.56 Å². The minimum Gasteiger partial charge on any atom is -0.338 e. The first kappa shape index (κ1) is 18.4. The summed E-state index contributed by atoms with van der Waals surface area (Å²) in [4.78, 5) is 41.3. The fraction of sp³-hybridized carbons (Fsp3) is 0.263. The minimum atomic E-state index is -0.528. The summed E-state index contributed by atoms with van der Waals surface area (Å²) in [6, 6.07) is 10.4. The van der Waals surface area contributed by atoms with Crippen molar-refractivity contribution in [2.45, 2.75) is 25.9 Å². The number of rotatable bonds is 5. The second-order valence-corrected chi connectivity index (χ2v) is 6.19. The summed E-state index contributed by atoms with van der Waals surface area (Å²) in [5, 5.41) is 2.70. The number of carbonyl (C=O) groups is 3. The van der Waals surface area contributed by atoms with E-state index in [-0.39, 0.29) is 12.5 Å². The van der Waals surface area contributed by atoms with Crippen LogP contribution in [0.1, 0.15) is 34.3 Å². The molecule has 2 heterocycles. The van der Waals surface area contributed by atoms with Crippen LogP contribution in [-0.2, 0) is 17.9 Å². The Morgan fingerprint density at radius 3 is 2.59 bits per heavy atom. The van der Waals surface area contributed by atoms with Gasteiger partial charge in [-0.1, -0.05) is 24.3 Å². The van der Waals surface area contributed by atoms with Crippen molar-refractivity contribution in [2.24, 2.45) is 0 Å². The maximum atomic E-state index is 11.9. The zero-order valence-electron chi connectivity index (χ0n) is 14.8. The molecule has 0 radical (unpaired) electrons. The van der Waals surface area contributed by atoms with E-state index < -0.39 is 11.9 Å². The van der Waals surface area contributed by atoms with Crippen molar-refractivity contribution >= 4 is 17.8 Å². The highest BCUT2D eigenvalue weighted by Gasteiger charge is 2.20. The van der Waals surface area contributed by atoms with Crippen LogP contribution in [0.15, 0.2) is 48.8 Å². The third kappa shape index (κ3) is 5.04. The molecule has 1 aliphatic heterocycles. The Hall–Kier alpha value is -3.42. The Bertz CT molecular complexity index is 825. The minimum absolute atomic E-state index is 0.161. The number of amides is 4. The van der Waals surface area contributed by atoms with Crippen LogP contribution in [0.25, 0.3) is 0 Å². The van der Waals surface area contributed by atoms with Crippen molar-refractivity contribution in [2.75, 3.05) is 6.54 Å². The van der Waals surface area contributed by atoms with Crippen molar-refractivity contribution in [3.05, 3.63) is 65.5 Å². The number of pyridine rings is 1. The zero-order chi connectivity index (χ0) is 19.1. The fourth-order valence-corrected chi connectivity index (χ4v) is 2.86. The van der Waals surface area contributed by atoms with Gasteiger partial charge in [0.15, 0.2) is 0 Å². The molecule has 140 valence electrons. The van der Waals surface area contributed by atoms with Crippen LogP contribution in [0.4, 0.5) is 4.79 Å². The molecule has 27 heavy (non-hydrogen) atoms. The summed E-state index contributed by atoms with van der Waals surface area (Å²) in [7, 11) is 0. The van der Waals surface area contributed by atoms with Gasteiger partial charge in [-0.3, -0.25) is 20.0 Å². The first-order valence-electron chi connectivity index (χ1n) is 8.72. The molecule has 8 heteroatoms. The third-order valence-electron chi connectivity index (χ3n) is 4.30. The van der Waals surface area contributed by atoms with E-state index in [1.807, 2.05) is 29.2 Å². The molecule has 8 nitrogen and oxygen atoms in total. The second kappa shape index (κ2) is 8.79. The number of nitrogens with zero attached hydrogens (tertiary/aromatic N) is 2. The Balaban J connectivity index is 1.50. The van der Waals surface area contributed by atoms with Gasteiger partial charge < -0.3 is 10.2 Å². The molecule has 1 saturated heterocycles. The molecule has 3 rings (SSSR count). The summed E-state index contributed by atoms with van der Waals surface area (Å²) >= 11 is 0. The van der Waals surface area contributed by atoms with E-state index >= 15 is 0 Å². The lowest BCUT2D eigenvalue weighted by Crippen LogP contribution is -2.46. The monoisotopic (exact) mass is 367 g/mol. The van der Waals surface area contributed by atoms with Crippen LogP contribution in [-0.4, -0.2) is 34.3 Å². The highest BCUT2D eigenvalue weighted by molar-refractivity contribution is 5.94. The van der Waals surface area contributed by atoms with Gasteiger partial charge >= 0.3 is 6.03 Å². The van der Waals surface area contributed by atoms with Gasteiger partial charge in [-0.05, 0) is 29.7 Å². The zero-order valence-corrected chi connectivity index (χ0v) is 14.8. The standard InChI is InChI=1S/C19H21N5O3/c25-17-8-4-10-24(17)13-16-6-2-1-5-14(16)12-21-19(27)23-22-18(26)15-7-3-9-20-11-15/h1-3,5-7,9,11H,4,8,10,12-13H2,(H,22,26)(H2,21,23,27). The van der Waals surface area contributed by atoms with E-state index in [0.717, 1.165) is 24.1 Å². The van der Waals surface area contributed by atoms with Crippen molar-refractivity contribution < 1.29 is 14.4 Å². The van der Waals surface area contributed by atoms with Gasteiger partial charge in [0.1, 0.15) is 0 Å². The quantitative estimate of drug-likeness (QED) is 0.694. The summed E-state index contributed by atoms with van der Waals surface area (Å²) in [5.41, 5.74) is 6.89. The summed E-state index contributed by atoms with van der Waals surface area (Å²) < 4.78 is 0. The maximum Gasteiger partial charge on any atom is 0.333 e. The van der Waals surface area contributed by atoms with E-state index in [9.17, 15) is 14.4 Å². The number of aromatic nitrogens is 1. The lowest BCUT2D eigenvalue weighted by Gasteiger charge is -2.18. The molecule has 0 saturated carbocycles. The number of hydrazine groups is 1. The van der Waals surface area contributed by atoms with Crippen molar-refractivity contribution in [3.63, 3.8) is 0 Å². The molecule has 0 atom stereocenters.